The van der Waals surface area contributed by atoms with Crippen LogP contribution in [0.15, 0.2) is 47.6 Å². The van der Waals surface area contributed by atoms with Gasteiger partial charge in [-0.15, -0.1) is 0 Å². The molecule has 0 radical (unpaired) electrons. The standard InChI is InChI=1S/C27H28N8O/c1-4-34-18(3)29-22-15-19(11-12-24(22)34)27(36)31-28-16-21-17(2)32-35-23-10-6-5-9-20(23)25(30-26(21)35)33-13-7-8-14-33/h5-6,9-12,15-16H,4,7-8,13-14H2,1-3H3,(H,31,36)/b28-16+. The zero-order valence-electron chi connectivity index (χ0n) is 20.7. The van der Waals surface area contributed by atoms with E-state index in [0.717, 1.165) is 70.1 Å². The monoisotopic (exact) mass is 480 g/mol. The second-order valence-corrected chi connectivity index (χ2v) is 9.19. The molecule has 0 atom stereocenters. The quantitative estimate of drug-likeness (QED) is 0.300. The van der Waals surface area contributed by atoms with Gasteiger partial charge in [0.2, 0.25) is 0 Å². The van der Waals surface area contributed by atoms with E-state index in [4.69, 9.17) is 10.1 Å². The van der Waals surface area contributed by atoms with Crippen LogP contribution in [0.5, 0.6) is 0 Å². The minimum absolute atomic E-state index is 0.290. The Labute approximate surface area is 208 Å². The third-order valence-corrected chi connectivity index (χ3v) is 6.95. The minimum Gasteiger partial charge on any atom is -0.356 e. The van der Waals surface area contributed by atoms with Gasteiger partial charge >= 0.3 is 0 Å². The lowest BCUT2D eigenvalue weighted by atomic mass is 10.2. The fraction of sp³-hybridized carbons (Fsp3) is 0.296. The second-order valence-electron chi connectivity index (χ2n) is 9.19. The number of hydrogen-bond donors (Lipinski definition) is 1. The van der Waals surface area contributed by atoms with E-state index in [1.807, 2.05) is 36.6 Å². The Kier molecular flexibility index (Phi) is 5.40. The smallest absolute Gasteiger partial charge is 0.271 e. The van der Waals surface area contributed by atoms with Crippen molar-refractivity contribution in [2.45, 2.75) is 40.2 Å². The lowest BCUT2D eigenvalue weighted by Crippen LogP contribution is -2.20. The first-order valence-corrected chi connectivity index (χ1v) is 12.4. The van der Waals surface area contributed by atoms with Gasteiger partial charge in [0.05, 0.1) is 34.0 Å². The van der Waals surface area contributed by atoms with Crippen molar-refractivity contribution in [2.24, 2.45) is 5.10 Å². The van der Waals surface area contributed by atoms with Crippen molar-refractivity contribution < 1.29 is 4.79 Å². The van der Waals surface area contributed by atoms with E-state index >= 15 is 0 Å². The van der Waals surface area contributed by atoms with Crippen molar-refractivity contribution >= 4 is 45.5 Å². The molecule has 9 nitrogen and oxygen atoms in total. The maximum Gasteiger partial charge on any atom is 0.271 e. The third kappa shape index (κ3) is 3.59. The topological polar surface area (TPSA) is 92.7 Å². The molecular formula is C27H28N8O. The summed E-state index contributed by atoms with van der Waals surface area (Å²) in [5, 5.41) is 10.1. The molecule has 0 saturated carbocycles. The average Bonchev–Trinajstić information content (AvgIpc) is 3.60. The fourth-order valence-corrected chi connectivity index (χ4v) is 5.14. The van der Waals surface area contributed by atoms with E-state index in [1.54, 1.807) is 18.3 Å². The van der Waals surface area contributed by atoms with E-state index in [0.29, 0.717) is 5.56 Å². The van der Waals surface area contributed by atoms with Gasteiger partial charge in [0.15, 0.2) is 5.65 Å². The van der Waals surface area contributed by atoms with Crippen LogP contribution in [0.4, 0.5) is 5.82 Å². The Morgan fingerprint density at radius 3 is 2.69 bits per heavy atom. The Morgan fingerprint density at radius 2 is 1.89 bits per heavy atom. The molecule has 0 bridgehead atoms. The largest absolute Gasteiger partial charge is 0.356 e. The number of benzene rings is 2. The summed E-state index contributed by atoms with van der Waals surface area (Å²) in [5.74, 6) is 1.62. The molecule has 1 amide bonds. The zero-order chi connectivity index (χ0) is 24.8. The molecule has 1 fully saturated rings. The summed E-state index contributed by atoms with van der Waals surface area (Å²) in [4.78, 5) is 24.8. The van der Waals surface area contributed by atoms with Crippen molar-refractivity contribution in [3.8, 4) is 0 Å². The maximum atomic E-state index is 12.8. The van der Waals surface area contributed by atoms with Gasteiger partial charge in [-0.2, -0.15) is 10.2 Å². The highest BCUT2D eigenvalue weighted by Gasteiger charge is 2.21. The van der Waals surface area contributed by atoms with Crippen LogP contribution in [0, 0.1) is 13.8 Å². The average molecular weight is 481 g/mol. The van der Waals surface area contributed by atoms with Crippen molar-refractivity contribution in [2.75, 3.05) is 18.0 Å². The third-order valence-electron chi connectivity index (χ3n) is 6.95. The zero-order valence-corrected chi connectivity index (χ0v) is 20.7. The van der Waals surface area contributed by atoms with E-state index in [9.17, 15) is 4.79 Å². The number of amides is 1. The highest BCUT2D eigenvalue weighted by Crippen LogP contribution is 2.30. The van der Waals surface area contributed by atoms with Crippen LogP contribution >= 0.6 is 0 Å². The predicted molar refractivity (Wildman–Crippen MR) is 142 cm³/mol. The molecule has 4 heterocycles. The molecule has 1 N–H and O–H groups in total. The van der Waals surface area contributed by atoms with Crippen molar-refractivity contribution in [1.82, 2.24) is 29.6 Å². The molecule has 2 aromatic carbocycles. The van der Waals surface area contributed by atoms with Gasteiger partial charge in [-0.25, -0.2) is 19.9 Å². The number of fused-ring (bicyclic) bond motifs is 4. The Bertz CT molecular complexity index is 1660. The van der Waals surface area contributed by atoms with Crippen molar-refractivity contribution in [3.05, 3.63) is 65.1 Å². The maximum absolute atomic E-state index is 12.8. The van der Waals surface area contributed by atoms with Crippen LogP contribution in [0.1, 0.15) is 47.2 Å². The molecule has 0 unspecified atom stereocenters. The number of nitrogens with zero attached hydrogens (tertiary/aromatic N) is 7. The summed E-state index contributed by atoms with van der Waals surface area (Å²) in [6.07, 6.45) is 3.98. The lowest BCUT2D eigenvalue weighted by molar-refractivity contribution is 0.0955. The van der Waals surface area contributed by atoms with Crippen LogP contribution in [-0.4, -0.2) is 49.4 Å². The summed E-state index contributed by atoms with van der Waals surface area (Å²) in [7, 11) is 0. The Balaban J connectivity index is 1.33. The van der Waals surface area contributed by atoms with Gasteiger partial charge < -0.3 is 9.47 Å². The number of hydrazone groups is 1. The molecular weight excluding hydrogens is 452 g/mol. The summed E-state index contributed by atoms with van der Waals surface area (Å²) in [6, 6.07) is 13.8. The predicted octanol–water partition coefficient (Wildman–Crippen LogP) is 4.23. The van der Waals surface area contributed by atoms with Gasteiger partial charge in [-0.3, -0.25) is 4.79 Å². The van der Waals surface area contributed by atoms with Crippen LogP contribution in [0.25, 0.3) is 27.6 Å². The summed E-state index contributed by atoms with van der Waals surface area (Å²) < 4.78 is 3.99. The molecule has 0 aliphatic carbocycles. The van der Waals surface area contributed by atoms with Gasteiger partial charge in [-0.05, 0) is 63.9 Å². The number of aromatic nitrogens is 5. The molecule has 36 heavy (non-hydrogen) atoms. The molecule has 1 saturated heterocycles. The minimum atomic E-state index is -0.290. The lowest BCUT2D eigenvalue weighted by Gasteiger charge is -2.19. The summed E-state index contributed by atoms with van der Waals surface area (Å²) >= 11 is 0. The Morgan fingerprint density at radius 1 is 1.08 bits per heavy atom. The fourth-order valence-electron chi connectivity index (χ4n) is 5.14. The van der Waals surface area contributed by atoms with Crippen LogP contribution in [-0.2, 0) is 6.54 Å². The summed E-state index contributed by atoms with van der Waals surface area (Å²) in [5.41, 5.74) is 8.31. The van der Waals surface area contributed by atoms with Gasteiger partial charge in [0.25, 0.3) is 5.91 Å². The highest BCUT2D eigenvalue weighted by atomic mass is 16.2. The van der Waals surface area contributed by atoms with Gasteiger partial charge in [0.1, 0.15) is 11.6 Å². The van der Waals surface area contributed by atoms with Gasteiger partial charge in [-0.1, -0.05) is 12.1 Å². The number of imidazole rings is 1. The highest BCUT2D eigenvalue weighted by molar-refractivity contribution is 5.99. The van der Waals surface area contributed by atoms with E-state index in [-0.39, 0.29) is 5.91 Å². The van der Waals surface area contributed by atoms with Crippen molar-refractivity contribution in [3.63, 3.8) is 0 Å². The number of carbonyl (C=O) groups is 1. The molecule has 1 aliphatic rings. The van der Waals surface area contributed by atoms with E-state index in [2.05, 4.69) is 44.0 Å². The number of rotatable bonds is 5. The molecule has 0 spiro atoms. The summed E-state index contributed by atoms with van der Waals surface area (Å²) in [6.45, 7) is 8.82. The molecule has 5 aromatic rings. The molecule has 6 rings (SSSR count). The SMILES string of the molecule is CCn1c(C)nc2cc(C(=O)N/N=C/c3c(C)nn4c3nc(N3CCCC3)c3ccccc34)ccc21. The number of aryl methyl sites for hydroxylation is 3. The van der Waals surface area contributed by atoms with Crippen LogP contribution in [0.2, 0.25) is 0 Å². The second kappa shape index (κ2) is 8.75. The molecule has 1 aliphatic heterocycles. The van der Waals surface area contributed by atoms with E-state index < -0.39 is 0 Å². The first-order valence-electron chi connectivity index (χ1n) is 12.4. The Hall–Kier alpha value is -4.27. The number of carbonyl (C=O) groups excluding carboxylic acids is 1. The molecule has 9 heteroatoms. The van der Waals surface area contributed by atoms with Gasteiger partial charge in [0, 0.05) is 30.6 Å². The van der Waals surface area contributed by atoms with Crippen LogP contribution in [0.3, 0.4) is 0 Å². The number of nitrogens with one attached hydrogen (secondary N) is 1. The molecule has 3 aromatic heterocycles. The van der Waals surface area contributed by atoms with Crippen molar-refractivity contribution in [1.29, 1.82) is 0 Å². The number of para-hydroxylation sites is 1. The molecule has 182 valence electrons. The first-order chi connectivity index (χ1) is 17.5. The first kappa shape index (κ1) is 22.2. The normalized spacial score (nSPS) is 14.1. The van der Waals surface area contributed by atoms with Crippen LogP contribution < -0.4 is 10.3 Å². The van der Waals surface area contributed by atoms with E-state index in [1.165, 1.54) is 12.8 Å². The number of anilines is 1. The number of hydrogen-bond acceptors (Lipinski definition) is 6.